The summed E-state index contributed by atoms with van der Waals surface area (Å²) < 4.78 is 5.52. The number of nitrogens with zero attached hydrogens (tertiary/aromatic N) is 1. The Balaban J connectivity index is 1.78. The van der Waals surface area contributed by atoms with Crippen LogP contribution in [0.4, 0.5) is 10.5 Å². The molecule has 0 aliphatic rings. The van der Waals surface area contributed by atoms with Crippen molar-refractivity contribution in [2.24, 2.45) is 0 Å². The maximum Gasteiger partial charge on any atom is 0.408 e. The van der Waals surface area contributed by atoms with Gasteiger partial charge in [-0.3, -0.25) is 9.59 Å². The lowest BCUT2D eigenvalue weighted by Crippen LogP contribution is -2.58. The molecule has 0 saturated carbocycles. The highest BCUT2D eigenvalue weighted by molar-refractivity contribution is 6.00. The number of carbonyl (C=O) groups is 3. The minimum absolute atomic E-state index is 0.0860. The van der Waals surface area contributed by atoms with E-state index in [0.717, 1.165) is 16.3 Å². The van der Waals surface area contributed by atoms with E-state index in [4.69, 9.17) is 4.74 Å². The summed E-state index contributed by atoms with van der Waals surface area (Å²) in [4.78, 5) is 43.6. The molecule has 236 valence electrons. The standard InChI is InChI=1S/C37H43N3O5/c1-24-11-10-14-28(21-24)32(33(42)38-29-18-17-26-12-8-9-13-27(26)23-29)40(36(2,3)4)34(43)31(39-35(44)45-37(5,6)7)22-25-15-19-30(41)20-16-25/h8-21,23,31-32,41H,22H2,1-7H3,(H,38,42)(H,39,44). The van der Waals surface area contributed by atoms with Crippen molar-refractivity contribution in [3.63, 3.8) is 0 Å². The van der Waals surface area contributed by atoms with E-state index >= 15 is 0 Å². The van der Waals surface area contributed by atoms with Crippen LogP contribution in [0.1, 0.15) is 64.3 Å². The fourth-order valence-corrected chi connectivity index (χ4v) is 5.27. The number of phenols is 1. The van der Waals surface area contributed by atoms with E-state index in [9.17, 15) is 19.5 Å². The Morgan fingerprint density at radius 2 is 1.49 bits per heavy atom. The average molecular weight is 610 g/mol. The molecule has 0 spiro atoms. The highest BCUT2D eigenvalue weighted by Gasteiger charge is 2.42. The summed E-state index contributed by atoms with van der Waals surface area (Å²) in [7, 11) is 0. The summed E-state index contributed by atoms with van der Waals surface area (Å²) in [6.07, 6.45) is -0.640. The van der Waals surface area contributed by atoms with Gasteiger partial charge in [-0.2, -0.15) is 0 Å². The number of anilines is 1. The van der Waals surface area contributed by atoms with Gasteiger partial charge < -0.3 is 25.4 Å². The first-order valence-corrected chi connectivity index (χ1v) is 15.1. The van der Waals surface area contributed by atoms with Crippen LogP contribution in [-0.2, 0) is 20.7 Å². The summed E-state index contributed by atoms with van der Waals surface area (Å²) in [6.45, 7) is 12.8. The fourth-order valence-electron chi connectivity index (χ4n) is 5.27. The highest BCUT2D eigenvalue weighted by Crippen LogP contribution is 2.32. The number of hydrogen-bond acceptors (Lipinski definition) is 5. The number of phenolic OH excluding ortho intramolecular Hbond substituents is 1. The normalized spacial score (nSPS) is 13.0. The van der Waals surface area contributed by atoms with Crippen LogP contribution in [0.15, 0.2) is 91.0 Å². The topological polar surface area (TPSA) is 108 Å². The molecule has 0 saturated heterocycles. The molecule has 0 aliphatic heterocycles. The molecule has 2 atom stereocenters. The number of nitrogens with one attached hydrogen (secondary N) is 2. The third kappa shape index (κ3) is 8.85. The molecule has 0 bridgehead atoms. The Bertz CT molecular complexity index is 1670. The summed E-state index contributed by atoms with van der Waals surface area (Å²) in [5.74, 6) is -0.760. The second kappa shape index (κ2) is 13.4. The molecule has 0 aliphatic carbocycles. The molecule has 3 amide bonds. The zero-order chi connectivity index (χ0) is 32.9. The van der Waals surface area contributed by atoms with Crippen LogP contribution < -0.4 is 10.6 Å². The van der Waals surface area contributed by atoms with Crippen molar-refractivity contribution in [3.8, 4) is 5.75 Å². The molecule has 45 heavy (non-hydrogen) atoms. The van der Waals surface area contributed by atoms with Crippen LogP contribution in [0, 0.1) is 6.92 Å². The van der Waals surface area contributed by atoms with Gasteiger partial charge in [0.1, 0.15) is 23.4 Å². The monoisotopic (exact) mass is 609 g/mol. The van der Waals surface area contributed by atoms with Crippen molar-refractivity contribution in [1.29, 1.82) is 0 Å². The Morgan fingerprint density at radius 1 is 0.822 bits per heavy atom. The minimum Gasteiger partial charge on any atom is -0.508 e. The molecule has 0 aromatic heterocycles. The van der Waals surface area contributed by atoms with Gasteiger partial charge in [-0.15, -0.1) is 0 Å². The predicted molar refractivity (Wildman–Crippen MR) is 178 cm³/mol. The molecule has 0 radical (unpaired) electrons. The molecule has 0 heterocycles. The third-order valence-corrected chi connectivity index (χ3v) is 7.21. The quantitative estimate of drug-likeness (QED) is 0.194. The van der Waals surface area contributed by atoms with Gasteiger partial charge in [0, 0.05) is 17.6 Å². The van der Waals surface area contributed by atoms with Gasteiger partial charge in [-0.25, -0.2) is 4.79 Å². The number of aryl methyl sites for hydroxylation is 1. The summed E-state index contributed by atoms with van der Waals surface area (Å²) >= 11 is 0. The fraction of sp³-hybridized carbons (Fsp3) is 0.324. The Hall–Kier alpha value is -4.85. The maximum atomic E-state index is 14.7. The van der Waals surface area contributed by atoms with Gasteiger partial charge in [0.2, 0.25) is 5.91 Å². The molecular weight excluding hydrogens is 566 g/mol. The molecule has 4 rings (SSSR count). The first kappa shape index (κ1) is 33.1. The Morgan fingerprint density at radius 3 is 2.11 bits per heavy atom. The van der Waals surface area contributed by atoms with E-state index < -0.39 is 35.2 Å². The molecule has 4 aromatic carbocycles. The Labute approximate surface area is 265 Å². The zero-order valence-electron chi connectivity index (χ0n) is 27.0. The molecule has 8 nitrogen and oxygen atoms in total. The van der Waals surface area contributed by atoms with Crippen molar-refractivity contribution in [1.82, 2.24) is 10.2 Å². The molecule has 3 N–H and O–H groups in total. The van der Waals surface area contributed by atoms with Crippen LogP contribution in [0.5, 0.6) is 5.75 Å². The largest absolute Gasteiger partial charge is 0.508 e. The van der Waals surface area contributed by atoms with E-state index in [2.05, 4.69) is 10.6 Å². The number of aromatic hydroxyl groups is 1. The van der Waals surface area contributed by atoms with Gasteiger partial charge in [0.25, 0.3) is 5.91 Å². The smallest absolute Gasteiger partial charge is 0.408 e. The van der Waals surface area contributed by atoms with Gasteiger partial charge in [-0.1, -0.05) is 72.3 Å². The van der Waals surface area contributed by atoms with Crippen molar-refractivity contribution < 1.29 is 24.2 Å². The molecule has 8 heteroatoms. The average Bonchev–Trinajstić information content (AvgIpc) is 2.94. The zero-order valence-corrected chi connectivity index (χ0v) is 27.0. The van der Waals surface area contributed by atoms with Crippen molar-refractivity contribution in [2.45, 2.75) is 78.1 Å². The second-order valence-corrected chi connectivity index (χ2v) is 13.3. The van der Waals surface area contributed by atoms with Gasteiger partial charge in [0.05, 0.1) is 0 Å². The van der Waals surface area contributed by atoms with E-state index in [1.165, 1.54) is 12.1 Å². The van der Waals surface area contributed by atoms with Crippen LogP contribution >= 0.6 is 0 Å². The number of carbonyl (C=O) groups excluding carboxylic acids is 3. The van der Waals surface area contributed by atoms with E-state index in [-0.39, 0.29) is 18.1 Å². The van der Waals surface area contributed by atoms with Crippen molar-refractivity contribution in [3.05, 3.63) is 108 Å². The molecule has 4 aromatic rings. The lowest BCUT2D eigenvalue weighted by Gasteiger charge is -2.43. The highest BCUT2D eigenvalue weighted by atomic mass is 16.6. The third-order valence-electron chi connectivity index (χ3n) is 7.21. The molecule has 2 unspecified atom stereocenters. The Kier molecular flexibility index (Phi) is 9.86. The first-order valence-electron chi connectivity index (χ1n) is 15.1. The van der Waals surface area contributed by atoms with Crippen LogP contribution in [0.25, 0.3) is 10.8 Å². The number of alkyl carbamates (subject to hydrolysis) is 1. The van der Waals surface area contributed by atoms with E-state index in [1.807, 2.05) is 94.4 Å². The number of benzene rings is 4. The van der Waals surface area contributed by atoms with Crippen LogP contribution in [0.2, 0.25) is 0 Å². The van der Waals surface area contributed by atoms with Crippen molar-refractivity contribution in [2.75, 3.05) is 5.32 Å². The van der Waals surface area contributed by atoms with Crippen LogP contribution in [-0.4, -0.2) is 45.1 Å². The lowest BCUT2D eigenvalue weighted by atomic mass is 9.93. The van der Waals surface area contributed by atoms with Crippen molar-refractivity contribution >= 4 is 34.4 Å². The predicted octanol–water partition coefficient (Wildman–Crippen LogP) is 7.30. The summed E-state index contributed by atoms with van der Waals surface area (Å²) in [5, 5.41) is 17.7. The van der Waals surface area contributed by atoms with Gasteiger partial charge in [-0.05, 0) is 94.6 Å². The summed E-state index contributed by atoms with van der Waals surface area (Å²) in [5.41, 5.74) is 1.25. The number of amides is 3. The molecular formula is C37H43N3O5. The number of rotatable bonds is 8. The minimum atomic E-state index is -1.08. The first-order chi connectivity index (χ1) is 21.1. The van der Waals surface area contributed by atoms with Crippen LogP contribution in [0.3, 0.4) is 0 Å². The SMILES string of the molecule is Cc1cccc(C(C(=O)Nc2ccc3ccccc3c2)N(C(=O)C(Cc2ccc(O)cc2)NC(=O)OC(C)(C)C)C(C)(C)C)c1. The maximum absolute atomic E-state index is 14.7. The molecule has 0 fully saturated rings. The second-order valence-electron chi connectivity index (χ2n) is 13.3. The van der Waals surface area contributed by atoms with Gasteiger partial charge >= 0.3 is 6.09 Å². The van der Waals surface area contributed by atoms with E-state index in [1.54, 1.807) is 37.8 Å². The number of fused-ring (bicyclic) bond motifs is 1. The number of hydrogen-bond donors (Lipinski definition) is 3. The lowest BCUT2D eigenvalue weighted by molar-refractivity contribution is -0.146. The van der Waals surface area contributed by atoms with Gasteiger partial charge in [0.15, 0.2) is 0 Å². The summed E-state index contributed by atoms with van der Waals surface area (Å²) in [6, 6.07) is 25.4. The van der Waals surface area contributed by atoms with E-state index in [0.29, 0.717) is 16.8 Å². The number of ether oxygens (including phenoxy) is 1.